The van der Waals surface area contributed by atoms with Crippen molar-refractivity contribution in [3.8, 4) is 22.8 Å². The summed E-state index contributed by atoms with van der Waals surface area (Å²) in [5.41, 5.74) is 1.46. The highest BCUT2D eigenvalue weighted by Crippen LogP contribution is 2.54. The van der Waals surface area contributed by atoms with Gasteiger partial charge >= 0.3 is 6.09 Å². The number of halogens is 4. The first-order valence-corrected chi connectivity index (χ1v) is 16.2. The maximum Gasteiger partial charge on any atom is 0.410 e. The van der Waals surface area contributed by atoms with E-state index >= 15 is 4.39 Å². The summed E-state index contributed by atoms with van der Waals surface area (Å²) in [5, 5.41) is 8.93. The van der Waals surface area contributed by atoms with Crippen LogP contribution in [-0.4, -0.2) is 76.1 Å². The molecule has 1 fully saturated rings. The maximum absolute atomic E-state index is 15.5. The van der Waals surface area contributed by atoms with Gasteiger partial charge in [-0.2, -0.15) is 14.6 Å². The van der Waals surface area contributed by atoms with Crippen molar-refractivity contribution in [2.45, 2.75) is 77.6 Å². The highest BCUT2D eigenvalue weighted by atomic mass is 19.3. The van der Waals surface area contributed by atoms with Crippen LogP contribution in [0.1, 0.15) is 63.1 Å². The van der Waals surface area contributed by atoms with Crippen LogP contribution < -0.4 is 9.47 Å². The third kappa shape index (κ3) is 7.53. The molecule has 0 unspecified atom stereocenters. The first-order valence-electron chi connectivity index (χ1n) is 16.2. The molecule has 0 N–H and O–H groups in total. The van der Waals surface area contributed by atoms with Gasteiger partial charge in [-0.15, -0.1) is 0 Å². The summed E-state index contributed by atoms with van der Waals surface area (Å²) in [5.74, 6) is -5.28. The smallest absolute Gasteiger partial charge is 0.410 e. The number of pyridine rings is 1. The van der Waals surface area contributed by atoms with Crippen molar-refractivity contribution in [3.05, 3.63) is 64.6 Å². The summed E-state index contributed by atoms with van der Waals surface area (Å²) < 4.78 is 90.0. The molecular weight excluding hydrogens is 662 g/mol. The van der Waals surface area contributed by atoms with Gasteiger partial charge in [0.05, 0.1) is 37.7 Å². The van der Waals surface area contributed by atoms with Crippen molar-refractivity contribution in [1.82, 2.24) is 24.3 Å². The zero-order chi connectivity index (χ0) is 36.6. The van der Waals surface area contributed by atoms with Gasteiger partial charge in [-0.25, -0.2) is 22.5 Å². The van der Waals surface area contributed by atoms with Crippen molar-refractivity contribution < 1.29 is 46.0 Å². The van der Waals surface area contributed by atoms with Crippen LogP contribution in [0.15, 0.2) is 30.5 Å². The van der Waals surface area contributed by atoms with Crippen molar-refractivity contribution >= 4 is 11.6 Å². The minimum Gasteiger partial charge on any atom is -0.489 e. The molecule has 1 amide bonds. The van der Waals surface area contributed by atoms with Gasteiger partial charge in [0.1, 0.15) is 18.0 Å². The second-order valence-corrected chi connectivity index (χ2v) is 13.4. The van der Waals surface area contributed by atoms with E-state index in [9.17, 15) is 18.0 Å². The molecule has 1 saturated carbocycles. The molecule has 3 heterocycles. The number of benzene rings is 1. The van der Waals surface area contributed by atoms with Crippen molar-refractivity contribution in [2.24, 2.45) is 7.05 Å². The van der Waals surface area contributed by atoms with E-state index in [4.69, 9.17) is 23.7 Å². The summed E-state index contributed by atoms with van der Waals surface area (Å²) >= 11 is 0. The lowest BCUT2D eigenvalue weighted by Gasteiger charge is -2.46. The zero-order valence-electron chi connectivity index (χ0n) is 29.5. The Morgan fingerprint density at radius 3 is 2.50 bits per heavy atom. The highest BCUT2D eigenvalue weighted by Gasteiger charge is 2.61. The number of hydrogen-bond donors (Lipinski definition) is 0. The SMILES string of the molecule is CCOCOC1(c2nn(C)c(C)c2CCOc2c(-c3cc(OC)n4ncc(CN(C)C(=O)OC(C)(C)C)c4c3)ccc(F)c2F)CC(F)(F)C1. The van der Waals surface area contributed by atoms with Gasteiger partial charge in [-0.3, -0.25) is 4.68 Å². The van der Waals surface area contributed by atoms with Crippen molar-refractivity contribution in [3.63, 3.8) is 0 Å². The number of aryl methyl sites for hydroxylation is 1. The number of ether oxygens (including phenoxy) is 5. The fourth-order valence-electron chi connectivity index (χ4n) is 6.02. The van der Waals surface area contributed by atoms with Crippen LogP contribution in [0.2, 0.25) is 0 Å². The number of methoxy groups -OCH3 is 1. The predicted molar refractivity (Wildman–Crippen MR) is 175 cm³/mol. The fraction of sp³-hybridized carbons (Fsp3) is 0.514. The van der Waals surface area contributed by atoms with Gasteiger partial charge in [0.15, 0.2) is 11.6 Å². The van der Waals surface area contributed by atoms with E-state index in [1.807, 2.05) is 0 Å². The van der Waals surface area contributed by atoms with Crippen molar-refractivity contribution in [1.29, 1.82) is 0 Å². The Hall–Kier alpha value is -4.37. The molecule has 15 heteroatoms. The van der Waals surface area contributed by atoms with Gasteiger partial charge < -0.3 is 28.6 Å². The monoisotopic (exact) mass is 705 g/mol. The minimum absolute atomic E-state index is 0.136. The number of nitrogens with zero attached hydrogens (tertiary/aromatic N) is 5. The molecule has 1 aromatic carbocycles. The third-order valence-electron chi connectivity index (χ3n) is 8.55. The molecule has 0 spiro atoms. The Balaban J connectivity index is 1.45. The van der Waals surface area contributed by atoms with Gasteiger partial charge in [-0.05, 0) is 58.4 Å². The molecule has 4 aromatic rings. The lowest BCUT2D eigenvalue weighted by molar-refractivity contribution is -0.264. The Labute approximate surface area is 288 Å². The van der Waals surface area contributed by atoms with Crippen LogP contribution in [0.3, 0.4) is 0 Å². The normalized spacial score (nSPS) is 15.2. The molecule has 272 valence electrons. The topological polar surface area (TPSA) is 102 Å². The largest absolute Gasteiger partial charge is 0.489 e. The second kappa shape index (κ2) is 14.1. The summed E-state index contributed by atoms with van der Waals surface area (Å²) in [4.78, 5) is 14.1. The molecular formula is C35H43F4N5O6. The van der Waals surface area contributed by atoms with E-state index in [-0.39, 0.29) is 37.7 Å². The van der Waals surface area contributed by atoms with Gasteiger partial charge in [0.2, 0.25) is 11.7 Å². The lowest BCUT2D eigenvalue weighted by Crippen LogP contribution is -2.52. The summed E-state index contributed by atoms with van der Waals surface area (Å²) in [6, 6.07) is 5.73. The summed E-state index contributed by atoms with van der Waals surface area (Å²) in [7, 11) is 4.74. The quantitative estimate of drug-likeness (QED) is 0.0837. The Bertz CT molecular complexity index is 1860. The van der Waals surface area contributed by atoms with E-state index in [0.717, 1.165) is 6.07 Å². The van der Waals surface area contributed by atoms with E-state index in [1.54, 1.807) is 71.7 Å². The first kappa shape index (κ1) is 36.9. The van der Waals surface area contributed by atoms with Crippen LogP contribution in [0.4, 0.5) is 22.4 Å². The standard InChI is InChI=1S/C35H43F4N5O6/c1-9-47-20-49-34(18-35(38,39)19-34)31-24(21(2)43(7)41-31)12-13-48-30-25(10-11-26(36)29(30)37)22-14-27-23(16-40-44(27)28(15-22)46-8)17-42(6)32(45)50-33(3,4)5/h10-11,14-16H,9,12-13,17-20H2,1-8H3. The Morgan fingerprint density at radius 2 is 1.86 bits per heavy atom. The number of amides is 1. The first-order chi connectivity index (χ1) is 23.5. The van der Waals surface area contributed by atoms with Crippen LogP contribution in [-0.2, 0) is 39.8 Å². The van der Waals surface area contributed by atoms with Crippen LogP contribution in [0.5, 0.6) is 11.6 Å². The van der Waals surface area contributed by atoms with Crippen molar-refractivity contribution in [2.75, 3.05) is 34.2 Å². The Kier molecular flexibility index (Phi) is 10.4. The third-order valence-corrected chi connectivity index (χ3v) is 8.55. The second-order valence-electron chi connectivity index (χ2n) is 13.4. The number of carbonyl (C=O) groups excluding carboxylic acids is 1. The summed E-state index contributed by atoms with van der Waals surface area (Å²) in [6.45, 7) is 9.05. The number of hydrogen-bond acceptors (Lipinski definition) is 8. The number of fused-ring (bicyclic) bond motifs is 1. The molecule has 5 rings (SSSR count). The molecule has 0 atom stereocenters. The molecule has 11 nitrogen and oxygen atoms in total. The molecule has 1 aliphatic carbocycles. The predicted octanol–water partition coefficient (Wildman–Crippen LogP) is 6.95. The molecule has 0 bridgehead atoms. The molecule has 0 aliphatic heterocycles. The minimum atomic E-state index is -2.92. The van der Waals surface area contributed by atoms with Crippen LogP contribution in [0, 0.1) is 18.6 Å². The van der Waals surface area contributed by atoms with Gasteiger partial charge in [0.25, 0.3) is 5.92 Å². The molecule has 50 heavy (non-hydrogen) atoms. The highest BCUT2D eigenvalue weighted by molar-refractivity contribution is 5.77. The molecule has 1 aliphatic rings. The van der Waals surface area contributed by atoms with E-state index in [2.05, 4.69) is 10.2 Å². The number of rotatable bonds is 13. The molecule has 3 aromatic heterocycles. The zero-order valence-corrected chi connectivity index (χ0v) is 29.5. The summed E-state index contributed by atoms with van der Waals surface area (Å²) in [6.07, 6.45) is 0.0771. The molecule has 0 radical (unpaired) electrons. The average Bonchev–Trinajstić information content (AvgIpc) is 3.56. The number of aromatic nitrogens is 4. The van der Waals surface area contributed by atoms with E-state index in [0.29, 0.717) is 46.1 Å². The van der Waals surface area contributed by atoms with E-state index < -0.39 is 47.7 Å². The van der Waals surface area contributed by atoms with Crippen LogP contribution in [0.25, 0.3) is 16.6 Å². The Morgan fingerprint density at radius 1 is 1.14 bits per heavy atom. The maximum atomic E-state index is 15.5. The number of carbonyl (C=O) groups is 1. The van der Waals surface area contributed by atoms with Crippen LogP contribution >= 0.6 is 0 Å². The number of alkyl halides is 2. The lowest BCUT2D eigenvalue weighted by atomic mass is 9.72. The van der Waals surface area contributed by atoms with Gasteiger partial charge in [-0.1, -0.05) is 0 Å². The van der Waals surface area contributed by atoms with E-state index in [1.165, 1.54) is 22.6 Å². The van der Waals surface area contributed by atoms with Gasteiger partial charge in [0, 0.05) is 68.4 Å². The fourth-order valence-corrected chi connectivity index (χ4v) is 6.02. The molecule has 0 saturated heterocycles. The average molecular weight is 706 g/mol.